The smallest absolute Gasteiger partial charge is 0.327 e. The van der Waals surface area contributed by atoms with Gasteiger partial charge < -0.3 is 9.47 Å². The molecule has 3 aromatic carbocycles. The van der Waals surface area contributed by atoms with E-state index in [2.05, 4.69) is 0 Å². The topological polar surface area (TPSA) is 53.4 Å². The fourth-order valence-electron chi connectivity index (χ4n) is 3.40. The summed E-state index contributed by atoms with van der Waals surface area (Å²) in [4.78, 5) is 11.8. The number of carbonyl (C=O) groups excluding carboxylic acids is 1. The van der Waals surface area contributed by atoms with Gasteiger partial charge in [0.1, 0.15) is 24.6 Å². The van der Waals surface area contributed by atoms with E-state index in [1.165, 1.54) is 7.11 Å². The van der Waals surface area contributed by atoms with E-state index in [0.29, 0.717) is 6.61 Å². The Morgan fingerprint density at radius 2 is 1.72 bits per heavy atom. The van der Waals surface area contributed by atoms with Crippen molar-refractivity contribution in [2.75, 3.05) is 7.11 Å². The Kier molecular flexibility index (Phi) is 5.29. The van der Waals surface area contributed by atoms with Gasteiger partial charge in [-0.2, -0.15) is 5.10 Å². The molecule has 0 bridgehead atoms. The Bertz CT molecular complexity index is 1150. The number of aromatic nitrogens is 2. The number of hydrogen-bond acceptors (Lipinski definition) is 4. The standard InChI is InChI=1S/C24H22N2O3/c1-17-19(12-8-14-22(17)29-16-18-9-4-3-5-10-18)24-20-11-6-7-13-21(20)26(25-24)15-23(27)28-2/h3-14H,15-16H2,1-2H3. The SMILES string of the molecule is COC(=O)Cn1nc(-c2cccc(OCc3ccccc3)c2C)c2ccccc21. The summed E-state index contributed by atoms with van der Waals surface area (Å²) in [6.07, 6.45) is 0. The quantitative estimate of drug-likeness (QED) is 0.448. The van der Waals surface area contributed by atoms with Crippen LogP contribution in [0.4, 0.5) is 0 Å². The third-order valence-corrected chi connectivity index (χ3v) is 4.94. The molecular weight excluding hydrogens is 364 g/mol. The summed E-state index contributed by atoms with van der Waals surface area (Å²) in [5.74, 6) is 0.486. The molecule has 0 spiro atoms. The lowest BCUT2D eigenvalue weighted by molar-refractivity contribution is -0.141. The number of para-hydroxylation sites is 1. The zero-order chi connectivity index (χ0) is 20.2. The summed E-state index contributed by atoms with van der Waals surface area (Å²) in [5, 5.41) is 5.71. The fourth-order valence-corrected chi connectivity index (χ4v) is 3.40. The van der Waals surface area contributed by atoms with E-state index in [-0.39, 0.29) is 12.5 Å². The number of benzene rings is 3. The van der Waals surface area contributed by atoms with Gasteiger partial charge in [-0.25, -0.2) is 0 Å². The number of fused-ring (bicyclic) bond motifs is 1. The Morgan fingerprint density at radius 3 is 2.52 bits per heavy atom. The van der Waals surface area contributed by atoms with Crippen molar-refractivity contribution in [2.45, 2.75) is 20.1 Å². The van der Waals surface area contributed by atoms with E-state index in [0.717, 1.165) is 39.0 Å². The van der Waals surface area contributed by atoms with Crippen molar-refractivity contribution in [2.24, 2.45) is 0 Å². The van der Waals surface area contributed by atoms with Crippen LogP contribution in [-0.4, -0.2) is 22.9 Å². The van der Waals surface area contributed by atoms with Crippen LogP contribution in [0.15, 0.2) is 72.8 Å². The maximum Gasteiger partial charge on any atom is 0.327 e. The van der Waals surface area contributed by atoms with E-state index in [9.17, 15) is 4.79 Å². The first-order chi connectivity index (χ1) is 14.2. The molecule has 0 aliphatic heterocycles. The van der Waals surface area contributed by atoms with Crippen molar-refractivity contribution in [3.05, 3.63) is 83.9 Å². The Morgan fingerprint density at radius 1 is 0.966 bits per heavy atom. The van der Waals surface area contributed by atoms with Crippen LogP contribution in [0, 0.1) is 6.92 Å². The van der Waals surface area contributed by atoms with E-state index >= 15 is 0 Å². The largest absolute Gasteiger partial charge is 0.489 e. The van der Waals surface area contributed by atoms with Gasteiger partial charge in [0.05, 0.1) is 12.6 Å². The molecule has 0 unspecified atom stereocenters. The van der Waals surface area contributed by atoms with Gasteiger partial charge in [-0.3, -0.25) is 9.48 Å². The predicted octanol–water partition coefficient (Wildman–Crippen LogP) is 4.76. The predicted molar refractivity (Wildman–Crippen MR) is 113 cm³/mol. The Balaban J connectivity index is 1.71. The number of rotatable bonds is 6. The highest BCUT2D eigenvalue weighted by molar-refractivity contribution is 5.95. The van der Waals surface area contributed by atoms with Crippen LogP contribution in [-0.2, 0) is 22.7 Å². The monoisotopic (exact) mass is 386 g/mol. The fraction of sp³-hybridized carbons (Fsp3) is 0.167. The first kappa shape index (κ1) is 18.7. The highest BCUT2D eigenvalue weighted by Gasteiger charge is 2.17. The molecule has 0 fully saturated rings. The van der Waals surface area contributed by atoms with Crippen molar-refractivity contribution < 1.29 is 14.3 Å². The van der Waals surface area contributed by atoms with Crippen LogP contribution >= 0.6 is 0 Å². The van der Waals surface area contributed by atoms with Crippen molar-refractivity contribution in [3.8, 4) is 17.0 Å². The molecule has 0 atom stereocenters. The first-order valence-electron chi connectivity index (χ1n) is 9.46. The number of hydrogen-bond donors (Lipinski definition) is 0. The molecule has 4 rings (SSSR count). The molecule has 5 nitrogen and oxygen atoms in total. The number of methoxy groups -OCH3 is 1. The molecule has 0 saturated heterocycles. The lowest BCUT2D eigenvalue weighted by Crippen LogP contribution is -2.12. The molecule has 29 heavy (non-hydrogen) atoms. The van der Waals surface area contributed by atoms with Crippen molar-refractivity contribution in [1.29, 1.82) is 0 Å². The first-order valence-corrected chi connectivity index (χ1v) is 9.46. The second-order valence-electron chi connectivity index (χ2n) is 6.80. The van der Waals surface area contributed by atoms with Crippen LogP contribution < -0.4 is 4.74 Å². The molecule has 4 aromatic rings. The number of ether oxygens (including phenoxy) is 2. The minimum Gasteiger partial charge on any atom is -0.489 e. The van der Waals surface area contributed by atoms with Gasteiger partial charge >= 0.3 is 5.97 Å². The molecule has 1 aromatic heterocycles. The minimum atomic E-state index is -0.332. The van der Waals surface area contributed by atoms with Crippen LogP contribution in [0.1, 0.15) is 11.1 Å². The number of esters is 1. The normalized spacial score (nSPS) is 10.8. The van der Waals surface area contributed by atoms with E-state index in [4.69, 9.17) is 14.6 Å². The summed E-state index contributed by atoms with van der Waals surface area (Å²) in [6.45, 7) is 2.60. The molecular formula is C24H22N2O3. The lowest BCUT2D eigenvalue weighted by Gasteiger charge is -2.12. The highest BCUT2D eigenvalue weighted by atomic mass is 16.5. The molecule has 0 aliphatic rings. The Labute approximate surface area is 169 Å². The summed E-state index contributed by atoms with van der Waals surface area (Å²) < 4.78 is 12.6. The third-order valence-electron chi connectivity index (χ3n) is 4.94. The second kappa shape index (κ2) is 8.19. The molecule has 0 saturated carbocycles. The van der Waals surface area contributed by atoms with Gasteiger partial charge in [0.15, 0.2) is 0 Å². The van der Waals surface area contributed by atoms with Gasteiger partial charge in [-0.05, 0) is 24.6 Å². The zero-order valence-corrected chi connectivity index (χ0v) is 16.5. The zero-order valence-electron chi connectivity index (χ0n) is 16.5. The van der Waals surface area contributed by atoms with Crippen LogP contribution in [0.3, 0.4) is 0 Å². The van der Waals surface area contributed by atoms with Crippen molar-refractivity contribution >= 4 is 16.9 Å². The van der Waals surface area contributed by atoms with E-state index in [1.807, 2.05) is 79.7 Å². The van der Waals surface area contributed by atoms with Crippen molar-refractivity contribution in [3.63, 3.8) is 0 Å². The van der Waals surface area contributed by atoms with Crippen LogP contribution in [0.25, 0.3) is 22.2 Å². The van der Waals surface area contributed by atoms with Crippen LogP contribution in [0.5, 0.6) is 5.75 Å². The average molecular weight is 386 g/mol. The highest BCUT2D eigenvalue weighted by Crippen LogP contribution is 2.34. The molecule has 146 valence electrons. The second-order valence-corrected chi connectivity index (χ2v) is 6.80. The average Bonchev–Trinajstić information content (AvgIpc) is 3.12. The van der Waals surface area contributed by atoms with Gasteiger partial charge in [0.25, 0.3) is 0 Å². The molecule has 0 N–H and O–H groups in total. The summed E-state index contributed by atoms with van der Waals surface area (Å²) in [6, 6.07) is 23.9. The van der Waals surface area contributed by atoms with Gasteiger partial charge in [0, 0.05) is 16.5 Å². The van der Waals surface area contributed by atoms with Gasteiger partial charge in [-0.1, -0.05) is 60.7 Å². The Hall–Kier alpha value is -3.60. The molecule has 0 amide bonds. The van der Waals surface area contributed by atoms with Crippen LogP contribution in [0.2, 0.25) is 0 Å². The summed E-state index contributed by atoms with van der Waals surface area (Å²) in [7, 11) is 1.38. The van der Waals surface area contributed by atoms with Crippen molar-refractivity contribution in [1.82, 2.24) is 9.78 Å². The van der Waals surface area contributed by atoms with E-state index in [1.54, 1.807) is 4.68 Å². The maximum atomic E-state index is 11.8. The molecule has 1 heterocycles. The minimum absolute atomic E-state index is 0.0697. The maximum absolute atomic E-state index is 11.8. The molecule has 0 radical (unpaired) electrons. The lowest BCUT2D eigenvalue weighted by atomic mass is 10.0. The summed E-state index contributed by atoms with van der Waals surface area (Å²) >= 11 is 0. The number of nitrogens with zero attached hydrogens (tertiary/aromatic N) is 2. The van der Waals surface area contributed by atoms with Gasteiger partial charge in [0.2, 0.25) is 0 Å². The molecule has 5 heteroatoms. The number of carbonyl (C=O) groups is 1. The summed E-state index contributed by atoms with van der Waals surface area (Å²) in [5.41, 5.74) is 4.83. The third kappa shape index (κ3) is 3.85. The molecule has 0 aliphatic carbocycles. The van der Waals surface area contributed by atoms with E-state index < -0.39 is 0 Å². The van der Waals surface area contributed by atoms with Gasteiger partial charge in [-0.15, -0.1) is 0 Å².